The molecule has 0 N–H and O–H groups in total. The molecule has 0 aliphatic carbocycles. The van der Waals surface area contributed by atoms with Gasteiger partial charge in [-0.05, 0) is 73.2 Å². The maximum absolute atomic E-state index is 12.4. The summed E-state index contributed by atoms with van der Waals surface area (Å²) in [5.74, 6) is 0.907. The summed E-state index contributed by atoms with van der Waals surface area (Å²) in [7, 11) is 0. The molecule has 0 radical (unpaired) electrons. The summed E-state index contributed by atoms with van der Waals surface area (Å²) < 4.78 is 16.7. The molecule has 0 saturated heterocycles. The van der Waals surface area contributed by atoms with Crippen LogP contribution in [0.1, 0.15) is 38.3 Å². The number of aromatic nitrogens is 1. The molecule has 4 rings (SSSR count). The van der Waals surface area contributed by atoms with Crippen molar-refractivity contribution < 1.29 is 23.8 Å². The highest BCUT2D eigenvalue weighted by Gasteiger charge is 2.10. The van der Waals surface area contributed by atoms with Gasteiger partial charge in [0.1, 0.15) is 11.5 Å². The molecule has 0 atom stereocenters. The molecule has 0 aliphatic heterocycles. The fourth-order valence-corrected chi connectivity index (χ4v) is 3.60. The highest BCUT2D eigenvalue weighted by Crippen LogP contribution is 2.22. The average Bonchev–Trinajstić information content (AvgIpc) is 2.93. The molecule has 0 spiro atoms. The fourth-order valence-electron chi connectivity index (χ4n) is 3.47. The van der Waals surface area contributed by atoms with E-state index in [0.29, 0.717) is 40.7 Å². The lowest BCUT2D eigenvalue weighted by Gasteiger charge is -2.09. The quantitative estimate of drug-likeness (QED) is 0.0877. The van der Waals surface area contributed by atoms with Gasteiger partial charge in [0.05, 0.1) is 18.8 Å². The number of carbonyl (C=O) groups is 2. The number of ketones is 1. The number of halogens is 1. The maximum Gasteiger partial charge on any atom is 0.338 e. The van der Waals surface area contributed by atoms with Crippen molar-refractivity contribution in [2.24, 2.45) is 0 Å². The van der Waals surface area contributed by atoms with E-state index in [1.54, 1.807) is 66.7 Å². The molecule has 1 heterocycles. The SMILES string of the molecule is Cc1cccc(/C=C/C(=O)c2ccc(OCCCOC(=O)c3ccnc(Oc4ccc(Cl)cc4)c3)cc2)c1. The molecule has 6 nitrogen and oxygen atoms in total. The van der Waals surface area contributed by atoms with E-state index in [9.17, 15) is 9.59 Å². The predicted molar refractivity (Wildman–Crippen MR) is 147 cm³/mol. The van der Waals surface area contributed by atoms with E-state index in [1.165, 1.54) is 12.3 Å². The normalized spacial score (nSPS) is 10.8. The highest BCUT2D eigenvalue weighted by molar-refractivity contribution is 6.30. The Kier molecular flexibility index (Phi) is 9.27. The minimum Gasteiger partial charge on any atom is -0.493 e. The third kappa shape index (κ3) is 8.05. The first-order valence-electron chi connectivity index (χ1n) is 12.0. The minimum atomic E-state index is -0.477. The van der Waals surface area contributed by atoms with Crippen LogP contribution in [0.25, 0.3) is 6.08 Å². The smallest absolute Gasteiger partial charge is 0.338 e. The number of benzene rings is 3. The van der Waals surface area contributed by atoms with Crippen molar-refractivity contribution in [1.29, 1.82) is 0 Å². The van der Waals surface area contributed by atoms with Gasteiger partial charge in [0.15, 0.2) is 5.78 Å². The van der Waals surface area contributed by atoms with Crippen LogP contribution in [0.4, 0.5) is 0 Å². The molecule has 0 saturated carbocycles. The van der Waals surface area contributed by atoms with Gasteiger partial charge in [0.2, 0.25) is 5.88 Å². The van der Waals surface area contributed by atoms with Gasteiger partial charge in [-0.3, -0.25) is 4.79 Å². The Hall–Kier alpha value is -4.42. The Bertz CT molecular complexity index is 1420. The molecule has 0 aliphatic rings. The van der Waals surface area contributed by atoms with Crippen LogP contribution in [0, 0.1) is 6.92 Å². The zero-order valence-corrected chi connectivity index (χ0v) is 21.6. The van der Waals surface area contributed by atoms with Crippen molar-refractivity contribution in [2.75, 3.05) is 13.2 Å². The number of pyridine rings is 1. The maximum atomic E-state index is 12.4. The fraction of sp³-hybridized carbons (Fsp3) is 0.129. The molecule has 7 heteroatoms. The lowest BCUT2D eigenvalue weighted by atomic mass is 10.1. The van der Waals surface area contributed by atoms with E-state index in [1.807, 2.05) is 31.2 Å². The molecule has 3 aromatic carbocycles. The van der Waals surface area contributed by atoms with Crippen molar-refractivity contribution in [3.8, 4) is 17.4 Å². The Morgan fingerprint density at radius 1 is 0.868 bits per heavy atom. The molecule has 1 aromatic heterocycles. The van der Waals surface area contributed by atoms with E-state index < -0.39 is 5.97 Å². The van der Waals surface area contributed by atoms with Crippen LogP contribution in [0.2, 0.25) is 5.02 Å². The molecular formula is C31H26ClNO5. The molecule has 0 unspecified atom stereocenters. The van der Waals surface area contributed by atoms with Gasteiger partial charge in [-0.25, -0.2) is 9.78 Å². The lowest BCUT2D eigenvalue weighted by molar-refractivity contribution is 0.0485. The third-order valence-corrected chi connectivity index (χ3v) is 5.66. The van der Waals surface area contributed by atoms with Crippen molar-refractivity contribution >= 4 is 29.4 Å². The number of hydrogen-bond donors (Lipinski definition) is 0. The number of ether oxygens (including phenoxy) is 3. The molecule has 0 amide bonds. The Morgan fingerprint density at radius 3 is 2.39 bits per heavy atom. The van der Waals surface area contributed by atoms with Crippen LogP contribution < -0.4 is 9.47 Å². The van der Waals surface area contributed by atoms with Crippen molar-refractivity contribution in [1.82, 2.24) is 4.98 Å². The minimum absolute atomic E-state index is 0.0807. The number of aryl methyl sites for hydroxylation is 1. The Labute approximate surface area is 226 Å². The molecular weight excluding hydrogens is 502 g/mol. The van der Waals surface area contributed by atoms with Crippen molar-refractivity contribution in [3.05, 3.63) is 124 Å². The molecule has 4 aromatic rings. The van der Waals surface area contributed by atoms with E-state index in [0.717, 1.165) is 11.1 Å². The van der Waals surface area contributed by atoms with Gasteiger partial charge < -0.3 is 14.2 Å². The number of allylic oxidation sites excluding steroid dienone is 1. The average molecular weight is 528 g/mol. The molecule has 38 heavy (non-hydrogen) atoms. The predicted octanol–water partition coefficient (Wildman–Crippen LogP) is 7.36. The lowest BCUT2D eigenvalue weighted by Crippen LogP contribution is -2.09. The first-order chi connectivity index (χ1) is 18.5. The number of nitrogens with zero attached hydrogens (tertiary/aromatic N) is 1. The number of hydrogen-bond acceptors (Lipinski definition) is 6. The van der Waals surface area contributed by atoms with Crippen LogP contribution in [-0.2, 0) is 4.74 Å². The van der Waals surface area contributed by atoms with E-state index in [4.69, 9.17) is 25.8 Å². The zero-order chi connectivity index (χ0) is 26.7. The summed E-state index contributed by atoms with van der Waals surface area (Å²) in [5.41, 5.74) is 3.03. The van der Waals surface area contributed by atoms with Gasteiger partial charge >= 0.3 is 5.97 Å². The highest BCUT2D eigenvalue weighted by atomic mass is 35.5. The third-order valence-electron chi connectivity index (χ3n) is 5.41. The zero-order valence-electron chi connectivity index (χ0n) is 20.8. The van der Waals surface area contributed by atoms with Gasteiger partial charge in [0.25, 0.3) is 0 Å². The van der Waals surface area contributed by atoms with Crippen molar-refractivity contribution in [2.45, 2.75) is 13.3 Å². The van der Waals surface area contributed by atoms with E-state index in [2.05, 4.69) is 4.98 Å². The summed E-state index contributed by atoms with van der Waals surface area (Å²) in [6.07, 6.45) is 5.36. The van der Waals surface area contributed by atoms with Gasteiger partial charge in [-0.2, -0.15) is 0 Å². The molecule has 192 valence electrons. The van der Waals surface area contributed by atoms with Crippen LogP contribution in [0.3, 0.4) is 0 Å². The van der Waals surface area contributed by atoms with Gasteiger partial charge in [-0.15, -0.1) is 0 Å². The van der Waals surface area contributed by atoms with Gasteiger partial charge in [-0.1, -0.05) is 47.5 Å². The summed E-state index contributed by atoms with van der Waals surface area (Å²) in [4.78, 5) is 28.9. The summed E-state index contributed by atoms with van der Waals surface area (Å²) in [6.45, 7) is 2.56. The standard InChI is InChI=1S/C31H26ClNO5/c1-22-4-2-5-23(20-22)6-15-29(34)24-7-11-27(12-8-24)36-18-3-19-37-31(35)25-16-17-33-30(21-25)38-28-13-9-26(32)10-14-28/h2,4-17,20-21H,3,18-19H2,1H3/b15-6+. The summed E-state index contributed by atoms with van der Waals surface area (Å²) in [6, 6.07) is 24.8. The Morgan fingerprint density at radius 2 is 1.63 bits per heavy atom. The van der Waals surface area contributed by atoms with E-state index >= 15 is 0 Å². The largest absolute Gasteiger partial charge is 0.493 e. The van der Waals surface area contributed by atoms with Crippen LogP contribution in [0.5, 0.6) is 17.4 Å². The first kappa shape index (κ1) is 26.6. The summed E-state index contributed by atoms with van der Waals surface area (Å²) >= 11 is 5.88. The number of esters is 1. The van der Waals surface area contributed by atoms with Crippen LogP contribution in [0.15, 0.2) is 97.2 Å². The second kappa shape index (κ2) is 13.2. The Balaban J connectivity index is 1.19. The van der Waals surface area contributed by atoms with Crippen LogP contribution in [-0.4, -0.2) is 30.0 Å². The second-order valence-corrected chi connectivity index (χ2v) is 8.85. The van der Waals surface area contributed by atoms with Gasteiger partial charge in [0, 0.05) is 29.3 Å². The molecule has 0 bridgehead atoms. The first-order valence-corrected chi connectivity index (χ1v) is 12.4. The monoisotopic (exact) mass is 527 g/mol. The number of rotatable bonds is 11. The second-order valence-electron chi connectivity index (χ2n) is 8.41. The van der Waals surface area contributed by atoms with Crippen LogP contribution >= 0.6 is 11.6 Å². The molecule has 0 fully saturated rings. The summed E-state index contributed by atoms with van der Waals surface area (Å²) in [5, 5.41) is 0.598. The van der Waals surface area contributed by atoms with E-state index in [-0.39, 0.29) is 18.3 Å². The number of carbonyl (C=O) groups excluding carboxylic acids is 2. The van der Waals surface area contributed by atoms with Crippen molar-refractivity contribution in [3.63, 3.8) is 0 Å². The topological polar surface area (TPSA) is 74.7 Å².